The Morgan fingerprint density at radius 3 is 0.357 bits per heavy atom. The van der Waals surface area contributed by atoms with Crippen molar-refractivity contribution in [2.75, 3.05) is 52.9 Å². The average molecular weight is 1630 g/mol. The van der Waals surface area contributed by atoms with Crippen LogP contribution in [0.1, 0.15) is 0 Å². The summed E-state index contributed by atoms with van der Waals surface area (Å²) in [7, 11) is 0. The van der Waals surface area contributed by atoms with Gasteiger partial charge in [-0.15, -0.1) is 0 Å². The van der Waals surface area contributed by atoms with Gasteiger partial charge >= 0.3 is 0 Å². The monoisotopic (exact) mass is 1620 g/mol. The van der Waals surface area contributed by atoms with Crippen LogP contribution in [0.15, 0.2) is 42.2 Å². The molecule has 30 fully saturated rings. The van der Waals surface area contributed by atoms with Gasteiger partial charge in [0.2, 0.25) is 0 Å². The van der Waals surface area contributed by atoms with Crippen LogP contribution in [0.2, 0.25) is 0 Å². The van der Waals surface area contributed by atoms with Crippen molar-refractivity contribution in [1.29, 1.82) is 0 Å². The minimum atomic E-state index is -2.44. The summed E-state index contributed by atoms with van der Waals surface area (Å²) in [5.74, 6) is 0. The van der Waals surface area contributed by atoms with Gasteiger partial charge in [-0.3, -0.25) is 0 Å². The molecule has 0 spiro atoms. The highest BCUT2D eigenvalue weighted by molar-refractivity contribution is 5.03. The van der Waals surface area contributed by atoms with Gasteiger partial charge < -0.3 is 196 Å². The van der Waals surface area contributed by atoms with Gasteiger partial charge in [0.1, 0.15) is 290 Å². The number of hydrogen-bond acceptors (Lipinski definition) is 48. The summed E-state index contributed by atoms with van der Waals surface area (Å²) in [6.45, 7) is -8.06. The highest BCUT2D eigenvalue weighted by Crippen LogP contribution is 2.41. The number of azide groups is 8. The molecule has 0 aliphatic carbocycles. The second kappa shape index (κ2) is 41.6. The number of nitrogens with zero attached hydrogens (tertiary/aromatic N) is 24. The summed E-state index contributed by atoms with van der Waals surface area (Å²) in [5.41, 5.74) is 72.9. The molecular formula is C48H72N24O40. The molecule has 16 N–H and O–H groups in total. The Morgan fingerprint density at radius 2 is 0.268 bits per heavy atom. The summed E-state index contributed by atoms with van der Waals surface area (Å²) in [5, 5.41) is 213. The minimum Gasteiger partial charge on any atom is -0.431 e. The number of aliphatic hydroxyl groups excluding tert-OH is 16. The van der Waals surface area contributed by atoms with E-state index in [2.05, 4.69) is 81.5 Å². The molecule has 0 radical (unpaired) electrons. The molecule has 0 unspecified atom stereocenters. The second-order valence-corrected chi connectivity index (χ2v) is 24.7. The fourth-order valence-corrected chi connectivity index (χ4v) is 12.9. The third kappa shape index (κ3) is 20.6. The molecule has 0 aromatic heterocycles. The van der Waals surface area contributed by atoms with Crippen molar-refractivity contribution in [3.63, 3.8) is 0 Å². The van der Waals surface area contributed by atoms with Gasteiger partial charge in [0.15, 0.2) is 50.3 Å². The van der Waals surface area contributed by atoms with E-state index < -0.39 is 299 Å². The van der Waals surface area contributed by atoms with E-state index >= 15 is 0 Å². The lowest BCUT2D eigenvalue weighted by atomic mass is 9.94. The summed E-state index contributed by atoms with van der Waals surface area (Å²) >= 11 is 0. The van der Waals surface area contributed by atoms with Crippen LogP contribution in [0.5, 0.6) is 0 Å². The molecule has 30 heterocycles. The topological polar surface area (TPSA) is 935 Å². The largest absolute Gasteiger partial charge is 0.431 e. The van der Waals surface area contributed by atoms with Crippen molar-refractivity contribution >= 4 is 0 Å². The third-order valence-electron chi connectivity index (χ3n) is 18.1. The van der Waals surface area contributed by atoms with Crippen LogP contribution in [0.4, 0.5) is 0 Å². The van der Waals surface area contributed by atoms with Gasteiger partial charge in [-0.2, -0.15) is 0 Å². The Morgan fingerprint density at radius 1 is 0.170 bits per heavy atom. The molecule has 64 heteroatoms. The van der Waals surface area contributed by atoms with Crippen LogP contribution < -0.4 is 0 Å². The lowest BCUT2D eigenvalue weighted by molar-refractivity contribution is -0.405. The fraction of sp³-hybridized carbons (Fsp3) is 1.00. The lowest BCUT2D eigenvalue weighted by Gasteiger charge is -2.50. The van der Waals surface area contributed by atoms with E-state index in [4.69, 9.17) is 159 Å². The zero-order chi connectivity index (χ0) is 81.0. The van der Waals surface area contributed by atoms with Crippen molar-refractivity contribution in [3.05, 3.63) is 83.5 Å². The zero-order valence-electron chi connectivity index (χ0n) is 56.4. The first-order valence-electron chi connectivity index (χ1n) is 32.6. The van der Waals surface area contributed by atoms with Crippen LogP contribution in [-0.4, -0.2) is 380 Å². The molecule has 0 saturated carbocycles. The van der Waals surface area contributed by atoms with Crippen LogP contribution in [0.25, 0.3) is 83.5 Å². The van der Waals surface area contributed by atoms with Crippen LogP contribution in [-0.2, 0) is 114 Å². The Bertz CT molecular complexity index is 2790. The molecule has 30 saturated heterocycles. The van der Waals surface area contributed by atoms with Gasteiger partial charge in [0.25, 0.3) is 0 Å². The van der Waals surface area contributed by atoms with E-state index in [0.717, 1.165) is 0 Å². The molecule has 16 bridgehead atoms. The Balaban J connectivity index is 1.09. The van der Waals surface area contributed by atoms with E-state index in [9.17, 15) is 81.7 Å². The first-order chi connectivity index (χ1) is 53.9. The van der Waals surface area contributed by atoms with E-state index in [0.29, 0.717) is 0 Å². The van der Waals surface area contributed by atoms with Crippen molar-refractivity contribution < 1.29 is 196 Å². The Hall–Kier alpha value is -8.40. The highest BCUT2D eigenvalue weighted by Gasteiger charge is 2.61. The maximum Gasteiger partial charge on any atom is 0.187 e. The van der Waals surface area contributed by atoms with Crippen LogP contribution >= 0.6 is 0 Å². The van der Waals surface area contributed by atoms with Gasteiger partial charge in [-0.05, 0) is 44.2 Å². The van der Waals surface area contributed by atoms with Crippen molar-refractivity contribution in [2.45, 2.75) is 246 Å². The molecule has 40 atom stereocenters. The van der Waals surface area contributed by atoms with Crippen molar-refractivity contribution in [3.8, 4) is 0 Å². The molecular weight excluding hydrogens is 1550 g/mol. The fourth-order valence-electron chi connectivity index (χ4n) is 12.9. The maximum absolute atomic E-state index is 11.9. The zero-order valence-corrected chi connectivity index (χ0v) is 56.4. The van der Waals surface area contributed by atoms with Crippen LogP contribution in [0.3, 0.4) is 0 Å². The number of hydrogen-bond donors (Lipinski definition) is 16. The molecule has 30 aliphatic rings. The lowest BCUT2D eigenvalue weighted by Crippen LogP contribution is -2.69. The van der Waals surface area contributed by atoms with E-state index in [-0.39, 0.29) is 0 Å². The van der Waals surface area contributed by atoms with Gasteiger partial charge in [0, 0.05) is 39.3 Å². The summed E-state index contributed by atoms with van der Waals surface area (Å²) in [4.78, 5) is 59.1. The summed E-state index contributed by atoms with van der Waals surface area (Å²) in [6, 6.07) is 0. The average Bonchev–Trinajstić information content (AvgIpc) is 0.771. The van der Waals surface area contributed by atoms with E-state index in [1.807, 2.05) is 0 Å². The van der Waals surface area contributed by atoms with Gasteiger partial charge in [0.05, 0.1) is 0 Å². The normalized spacial score (nSPS) is 44.9. The van der Waals surface area contributed by atoms with Gasteiger partial charge in [-0.25, -0.2) is 0 Å². The quantitative estimate of drug-likeness (QED) is 0.0185. The molecule has 30 rings (SSSR count). The van der Waals surface area contributed by atoms with Crippen molar-refractivity contribution in [2.24, 2.45) is 42.2 Å². The SMILES string of the molecule is [N-]=[N+]=NOC[C@H]1O[C@@H]2O[C@H]3[C@H](O)[C@@H](O)[C@@H](O[C@H]4[C@H](O)[C@@H](O)[C@@H](O[C@H]5[C@H](O)[C@@H](O)[C@@H](O[C@H]6[C@H](O)[C@@H](O)[C@@H](O[C@H]7[C@H](O)[C@@H](O)[C@@H](O[C@H]8[C@H](O)[C@@H](O)[C@@H](O[C@H]9[C@H](O)[C@@H](O)[C@@H](O[C@H]1[C@H](O)[C@H]2O)O[C@@H]9CON=[N+]=[N-])O[C@@H]8CON=[N+]=[N-])O[C@@H]7CON=[N+]=[N-])O[C@@H]6CON=[N+]=[N-])O[C@@H]5CON=[N+]=[N-])O[C@@H]4CON=[N+]=[N-])O[C@@H]3CON=[N+]=[N-]. The molecule has 0 amide bonds. The number of rotatable bonds is 24. The predicted molar refractivity (Wildman–Crippen MR) is 325 cm³/mol. The van der Waals surface area contributed by atoms with E-state index in [1.54, 1.807) is 0 Å². The number of ether oxygens (including phenoxy) is 16. The van der Waals surface area contributed by atoms with Crippen molar-refractivity contribution in [1.82, 2.24) is 0 Å². The summed E-state index contributed by atoms with van der Waals surface area (Å²) in [6.07, 6.45) is -89.6. The Labute approximate surface area is 619 Å². The van der Waals surface area contributed by atoms with Crippen LogP contribution in [0, 0.1) is 0 Å². The number of aliphatic hydroxyl groups is 16. The van der Waals surface area contributed by atoms with Gasteiger partial charge in [-0.1, -0.05) is 0 Å². The smallest absolute Gasteiger partial charge is 0.187 e. The summed E-state index contributed by atoms with van der Waals surface area (Å²) < 4.78 is 94.5. The van der Waals surface area contributed by atoms with E-state index in [1.165, 1.54) is 0 Å². The first-order valence-corrected chi connectivity index (χ1v) is 32.6. The third-order valence-corrected chi connectivity index (χ3v) is 18.1. The molecule has 624 valence electrons. The second-order valence-electron chi connectivity index (χ2n) is 24.7. The Kier molecular flexibility index (Phi) is 32.5. The molecule has 30 aliphatic heterocycles. The molecule has 64 nitrogen and oxygen atoms in total. The maximum atomic E-state index is 11.9. The highest BCUT2D eigenvalue weighted by atomic mass is 16.8. The first kappa shape index (κ1) is 87.6. The minimum absolute atomic E-state index is 1.01. The standard InChI is InChI=1S/C48H72N24O40/c49-57-65-89-1-9-33-17(73)25(81)41(97-9)106-34-10(2-90-66-58-50)99-43(27(83)19(34)75)108-36-12(4-92-68-60-52)101-45(29(85)21(36)77)110-38-14(6-94-70-62-54)103-47(31(87)23(38)79)112-40-16(8-96-72-64-56)104-48(32(88)24(40)80)111-39-15(7-95-71-63-55)102-46(30(86)22(39)78)109-37-13(5-93-69-61-53)100-44(28(84)20(37)76)107-35-11(3-91-67-59-51)98-42(105-33)26(82)18(35)74/h9-48,73-88H,1-8H2/t9-,10-,11-,12-,13-,14-,15-,16-,17-,18-,19-,20-,21-,22-,23-,24-,25-,26-,27-,28-,29-,30-,31-,32-,33-,34-,35-,36-,37-,38-,39-,40-,41-,42-,43-,44-,45-,46-,47-,48-/m1/s1. The molecule has 112 heavy (non-hydrogen) atoms. The molecule has 0 aromatic rings. The molecule has 0 aromatic carbocycles. The predicted octanol–water partition coefficient (Wildman–Crippen LogP) is -7.41.